The quantitative estimate of drug-likeness (QED) is 0.462. The van der Waals surface area contributed by atoms with Gasteiger partial charge in [-0.1, -0.05) is 56.5 Å². The van der Waals surface area contributed by atoms with Crippen LogP contribution in [0.25, 0.3) is 0 Å². The highest BCUT2D eigenvalue weighted by Crippen LogP contribution is 2.48. The fourth-order valence-corrected chi connectivity index (χ4v) is 6.04. The molecular weight excluding hydrogens is 422 g/mol. The van der Waals surface area contributed by atoms with Crippen LogP contribution in [0.15, 0.2) is 22.7 Å². The maximum atomic E-state index is 13.5. The first-order valence-electron chi connectivity index (χ1n) is 10.8. The molecule has 6 heteroatoms. The van der Waals surface area contributed by atoms with Crippen molar-refractivity contribution in [3.05, 3.63) is 28.5 Å². The summed E-state index contributed by atoms with van der Waals surface area (Å²) in [5.41, 5.74) is 0. The van der Waals surface area contributed by atoms with Crippen LogP contribution in [0.3, 0.4) is 0 Å². The lowest BCUT2D eigenvalue weighted by atomic mass is 9.25. The zero-order valence-electron chi connectivity index (χ0n) is 17.0. The van der Waals surface area contributed by atoms with Crippen molar-refractivity contribution in [3.8, 4) is 5.75 Å². The molecule has 3 aliphatic heterocycles. The highest BCUT2D eigenvalue weighted by atomic mass is 79.9. The first-order chi connectivity index (χ1) is 13.4. The van der Waals surface area contributed by atoms with Crippen LogP contribution in [-0.4, -0.2) is 31.3 Å². The van der Waals surface area contributed by atoms with Crippen molar-refractivity contribution in [3.63, 3.8) is 0 Å². The Balaban J connectivity index is 1.46. The molecule has 3 heterocycles. The van der Waals surface area contributed by atoms with Crippen LogP contribution in [0.2, 0.25) is 18.0 Å². The molecule has 0 aromatic heterocycles. The highest BCUT2D eigenvalue weighted by Gasteiger charge is 2.42. The fourth-order valence-electron chi connectivity index (χ4n) is 5.60. The van der Waals surface area contributed by atoms with Crippen LogP contribution in [0.5, 0.6) is 5.75 Å². The maximum absolute atomic E-state index is 13.5. The van der Waals surface area contributed by atoms with Gasteiger partial charge in [0.2, 0.25) is 0 Å². The van der Waals surface area contributed by atoms with Gasteiger partial charge in [0.1, 0.15) is 30.5 Å². The molecule has 0 N–H and O–H groups in total. The second kappa shape index (κ2) is 8.65. The molecule has 2 atom stereocenters. The van der Waals surface area contributed by atoms with Crippen LogP contribution in [0.4, 0.5) is 4.39 Å². The van der Waals surface area contributed by atoms with E-state index in [0.717, 1.165) is 24.8 Å². The van der Waals surface area contributed by atoms with Crippen LogP contribution in [-0.2, 0) is 9.47 Å². The van der Waals surface area contributed by atoms with Gasteiger partial charge in [0.05, 0.1) is 11.1 Å². The highest BCUT2D eigenvalue weighted by molar-refractivity contribution is 9.10. The van der Waals surface area contributed by atoms with Crippen molar-refractivity contribution in [2.24, 2.45) is 0 Å². The van der Waals surface area contributed by atoms with Crippen molar-refractivity contribution in [2.75, 3.05) is 6.61 Å². The van der Waals surface area contributed by atoms with Crippen LogP contribution >= 0.6 is 15.9 Å². The van der Waals surface area contributed by atoms with Crippen molar-refractivity contribution in [1.29, 1.82) is 0 Å². The maximum Gasteiger partial charge on any atom is 0.163 e. The Labute approximate surface area is 176 Å². The summed E-state index contributed by atoms with van der Waals surface area (Å²) in [6, 6.07) is 4.59. The predicted octanol–water partition coefficient (Wildman–Crippen LogP) is 6.48. The minimum Gasteiger partial charge on any atom is -0.486 e. The summed E-state index contributed by atoms with van der Waals surface area (Å²) in [5.74, 6) is 1.61. The number of hydrogen-bond donors (Lipinski definition) is 0. The van der Waals surface area contributed by atoms with E-state index in [1.165, 1.54) is 57.0 Å². The monoisotopic (exact) mass is 452 g/mol. The van der Waals surface area contributed by atoms with E-state index in [1.54, 1.807) is 6.07 Å². The van der Waals surface area contributed by atoms with E-state index in [0.29, 0.717) is 16.8 Å². The Kier molecular flexibility index (Phi) is 6.39. The Hall–Kier alpha value is -0.585. The molecule has 4 rings (SSSR count). The second-order valence-corrected chi connectivity index (χ2v) is 10.1. The van der Waals surface area contributed by atoms with Crippen molar-refractivity contribution < 1.29 is 18.6 Å². The number of ether oxygens (including phenoxy) is 3. The van der Waals surface area contributed by atoms with Crippen LogP contribution < -0.4 is 4.74 Å². The van der Waals surface area contributed by atoms with Gasteiger partial charge in [-0.05, 0) is 54.4 Å². The SMILES string of the molecule is CC1(C)OC[C@@H]([C@H](CCB2C3CCCC2CCC3)Oc2ccc(F)cc2Br)O1. The zero-order valence-corrected chi connectivity index (χ0v) is 18.5. The van der Waals surface area contributed by atoms with Gasteiger partial charge >= 0.3 is 0 Å². The molecule has 1 aromatic carbocycles. The molecule has 1 aromatic rings. The smallest absolute Gasteiger partial charge is 0.163 e. The number of fused-ring (bicyclic) bond motifs is 2. The second-order valence-electron chi connectivity index (χ2n) is 9.22. The minimum absolute atomic E-state index is 0.0915. The van der Waals surface area contributed by atoms with Crippen molar-refractivity contribution in [2.45, 2.75) is 94.7 Å². The summed E-state index contributed by atoms with van der Waals surface area (Å²) in [6.45, 7) is 5.25. The van der Waals surface area contributed by atoms with E-state index in [-0.39, 0.29) is 18.0 Å². The molecule has 3 aliphatic rings. The van der Waals surface area contributed by atoms with Crippen LogP contribution in [0.1, 0.15) is 58.8 Å². The lowest BCUT2D eigenvalue weighted by Crippen LogP contribution is -2.39. The average molecular weight is 453 g/mol. The van der Waals surface area contributed by atoms with Gasteiger partial charge in [0.15, 0.2) is 5.79 Å². The molecule has 3 nitrogen and oxygen atoms in total. The summed E-state index contributed by atoms with van der Waals surface area (Å²) in [4.78, 5) is 0. The molecule has 0 spiro atoms. The molecule has 0 unspecified atom stereocenters. The summed E-state index contributed by atoms with van der Waals surface area (Å²) < 4.78 is 32.5. The first kappa shape index (κ1) is 20.7. The molecular formula is C22H31BBrFO3. The Morgan fingerprint density at radius 1 is 1.21 bits per heavy atom. The Morgan fingerprint density at radius 2 is 1.89 bits per heavy atom. The van der Waals surface area contributed by atoms with E-state index in [4.69, 9.17) is 14.2 Å². The van der Waals surface area contributed by atoms with Crippen molar-refractivity contribution in [1.82, 2.24) is 0 Å². The lowest BCUT2D eigenvalue weighted by Gasteiger charge is -2.41. The van der Waals surface area contributed by atoms with E-state index in [2.05, 4.69) is 15.9 Å². The van der Waals surface area contributed by atoms with Gasteiger partial charge in [-0.2, -0.15) is 0 Å². The van der Waals surface area contributed by atoms with E-state index in [9.17, 15) is 4.39 Å². The number of rotatable bonds is 6. The average Bonchev–Trinajstić information content (AvgIpc) is 2.99. The van der Waals surface area contributed by atoms with E-state index >= 15 is 0 Å². The normalized spacial score (nSPS) is 30.3. The fraction of sp³-hybridized carbons (Fsp3) is 0.727. The zero-order chi connectivity index (χ0) is 19.7. The summed E-state index contributed by atoms with van der Waals surface area (Å²) in [6.07, 6.45) is 10.3. The third kappa shape index (κ3) is 4.76. The molecule has 28 heavy (non-hydrogen) atoms. The first-order valence-corrected chi connectivity index (χ1v) is 11.6. The molecule has 3 fully saturated rings. The van der Waals surface area contributed by atoms with Gasteiger partial charge in [-0.15, -0.1) is 0 Å². The molecule has 0 aliphatic carbocycles. The molecule has 154 valence electrons. The van der Waals surface area contributed by atoms with Gasteiger partial charge in [0.25, 0.3) is 0 Å². The van der Waals surface area contributed by atoms with Crippen LogP contribution in [0, 0.1) is 5.82 Å². The molecule has 0 amide bonds. The van der Waals surface area contributed by atoms with Crippen molar-refractivity contribution >= 4 is 22.6 Å². The number of hydrogen-bond acceptors (Lipinski definition) is 3. The van der Waals surface area contributed by atoms with Gasteiger partial charge < -0.3 is 14.2 Å². The van der Waals surface area contributed by atoms with E-state index < -0.39 is 5.79 Å². The third-order valence-corrected chi connectivity index (χ3v) is 7.53. The largest absolute Gasteiger partial charge is 0.486 e. The molecule has 0 radical (unpaired) electrons. The summed E-state index contributed by atoms with van der Waals surface area (Å²) in [5, 5.41) is 0. The third-order valence-electron chi connectivity index (χ3n) is 6.91. The molecule has 0 saturated carbocycles. The molecule has 3 saturated heterocycles. The van der Waals surface area contributed by atoms with Gasteiger partial charge in [-0.25, -0.2) is 4.39 Å². The Bertz CT molecular complexity index is 664. The predicted molar refractivity (Wildman–Crippen MR) is 114 cm³/mol. The molecule has 2 bridgehead atoms. The number of halogens is 2. The van der Waals surface area contributed by atoms with Gasteiger partial charge in [0, 0.05) is 0 Å². The minimum atomic E-state index is -0.576. The topological polar surface area (TPSA) is 27.7 Å². The number of benzene rings is 1. The summed E-state index contributed by atoms with van der Waals surface area (Å²) >= 11 is 3.44. The van der Waals surface area contributed by atoms with E-state index in [1.807, 2.05) is 13.8 Å². The van der Waals surface area contributed by atoms with Gasteiger partial charge in [-0.3, -0.25) is 0 Å². The summed E-state index contributed by atoms with van der Waals surface area (Å²) in [7, 11) is 0. The Morgan fingerprint density at radius 3 is 2.46 bits per heavy atom. The standard InChI is InChI=1S/C22H31BBrFO3/c1-22(2)26-14-21(28-22)20(27-19-10-9-17(25)13-18(19)24)11-12-23-15-5-3-6-16(23)8-4-7-15/h9-10,13,15-16,20-21H,3-8,11-12,14H2,1-2H3/t15?,16?,20-,21-/m0/s1. The lowest BCUT2D eigenvalue weighted by molar-refractivity contribution is -0.149.